The van der Waals surface area contributed by atoms with Crippen molar-refractivity contribution in [2.24, 2.45) is 0 Å². The highest BCUT2D eigenvalue weighted by Crippen LogP contribution is 2.21. The zero-order chi connectivity index (χ0) is 17.8. The average molecular weight is 343 g/mol. The third-order valence-corrected chi connectivity index (χ3v) is 4.44. The summed E-state index contributed by atoms with van der Waals surface area (Å²) in [5.74, 6) is -0.690. The summed E-state index contributed by atoms with van der Waals surface area (Å²) in [5.41, 5.74) is 0.126. The highest BCUT2D eigenvalue weighted by atomic mass is 16.5. The molecule has 2 aromatic heterocycles. The number of esters is 1. The van der Waals surface area contributed by atoms with Gasteiger partial charge in [-0.15, -0.1) is 0 Å². The number of amides is 1. The summed E-state index contributed by atoms with van der Waals surface area (Å²) in [6, 6.07) is 4.97. The molecule has 1 aliphatic heterocycles. The molecular formula is C18H21N3O4. The zero-order valence-corrected chi connectivity index (χ0v) is 14.2. The second-order valence-corrected chi connectivity index (χ2v) is 6.06. The van der Waals surface area contributed by atoms with Gasteiger partial charge in [0.25, 0.3) is 11.5 Å². The summed E-state index contributed by atoms with van der Waals surface area (Å²) in [7, 11) is 0. The van der Waals surface area contributed by atoms with Gasteiger partial charge in [0.05, 0.1) is 13.0 Å². The maximum Gasteiger partial charge on any atom is 0.307 e. The van der Waals surface area contributed by atoms with Crippen LogP contribution in [0.1, 0.15) is 43.0 Å². The molecule has 1 saturated heterocycles. The number of hydrogen-bond acceptors (Lipinski definition) is 5. The maximum atomic E-state index is 12.9. The lowest BCUT2D eigenvalue weighted by atomic mass is 9.98. The Morgan fingerprint density at radius 1 is 1.32 bits per heavy atom. The molecule has 0 spiro atoms. The van der Waals surface area contributed by atoms with Gasteiger partial charge in [-0.2, -0.15) is 0 Å². The smallest absolute Gasteiger partial charge is 0.307 e. The summed E-state index contributed by atoms with van der Waals surface area (Å²) < 4.78 is 6.36. The third-order valence-electron chi connectivity index (χ3n) is 4.44. The molecule has 7 heteroatoms. The Labute approximate surface area is 145 Å². The lowest BCUT2D eigenvalue weighted by Crippen LogP contribution is -2.46. The molecule has 3 rings (SSSR count). The number of aromatic nitrogens is 2. The molecule has 0 N–H and O–H groups in total. The fourth-order valence-corrected chi connectivity index (χ4v) is 3.22. The molecular weight excluding hydrogens is 322 g/mol. The number of piperidine rings is 1. The van der Waals surface area contributed by atoms with E-state index in [1.807, 2.05) is 0 Å². The predicted molar refractivity (Wildman–Crippen MR) is 91.4 cm³/mol. The number of carbonyl (C=O) groups is 2. The van der Waals surface area contributed by atoms with Gasteiger partial charge in [0.2, 0.25) is 0 Å². The number of nitrogens with zero attached hydrogens (tertiary/aromatic N) is 3. The van der Waals surface area contributed by atoms with E-state index in [4.69, 9.17) is 4.74 Å². The van der Waals surface area contributed by atoms with Crippen LogP contribution in [0, 0.1) is 0 Å². The number of fused-ring (bicyclic) bond motifs is 1. The minimum atomic E-state index is -0.393. The van der Waals surface area contributed by atoms with Gasteiger partial charge in [-0.3, -0.25) is 18.8 Å². The molecule has 0 aliphatic carbocycles. The van der Waals surface area contributed by atoms with Crippen LogP contribution in [-0.4, -0.2) is 45.4 Å². The molecule has 1 amide bonds. The number of ether oxygens (including phenoxy) is 1. The minimum absolute atomic E-state index is 0.0273. The molecule has 132 valence electrons. The number of carbonyl (C=O) groups excluding carboxylic acids is 2. The van der Waals surface area contributed by atoms with Gasteiger partial charge in [0, 0.05) is 25.0 Å². The van der Waals surface area contributed by atoms with Crippen molar-refractivity contribution in [2.45, 2.75) is 38.6 Å². The Morgan fingerprint density at radius 3 is 2.96 bits per heavy atom. The molecule has 1 aliphatic rings. The average Bonchev–Trinajstić information content (AvgIpc) is 2.62. The number of rotatable bonds is 4. The second kappa shape index (κ2) is 7.46. The van der Waals surface area contributed by atoms with Gasteiger partial charge < -0.3 is 9.64 Å². The van der Waals surface area contributed by atoms with Crippen molar-refractivity contribution < 1.29 is 14.3 Å². The van der Waals surface area contributed by atoms with Crippen molar-refractivity contribution in [1.82, 2.24) is 14.3 Å². The molecule has 0 saturated carbocycles. The van der Waals surface area contributed by atoms with Crippen molar-refractivity contribution in [2.75, 3.05) is 13.2 Å². The quantitative estimate of drug-likeness (QED) is 0.789. The molecule has 3 heterocycles. The molecule has 0 radical (unpaired) electrons. The third kappa shape index (κ3) is 3.55. The van der Waals surface area contributed by atoms with E-state index < -0.39 is 5.56 Å². The van der Waals surface area contributed by atoms with Gasteiger partial charge in [-0.05, 0) is 38.3 Å². The van der Waals surface area contributed by atoms with Crippen LogP contribution in [0.3, 0.4) is 0 Å². The van der Waals surface area contributed by atoms with E-state index in [-0.39, 0.29) is 29.9 Å². The predicted octanol–water partition coefficient (Wildman–Crippen LogP) is 1.64. The monoisotopic (exact) mass is 343 g/mol. The van der Waals surface area contributed by atoms with E-state index >= 15 is 0 Å². The van der Waals surface area contributed by atoms with Crippen LogP contribution in [0.15, 0.2) is 35.4 Å². The number of likely N-dealkylation sites (tertiary alicyclic amines) is 1. The Balaban J connectivity index is 1.89. The fourth-order valence-electron chi connectivity index (χ4n) is 3.22. The van der Waals surface area contributed by atoms with E-state index in [2.05, 4.69) is 4.98 Å². The van der Waals surface area contributed by atoms with Crippen molar-refractivity contribution in [1.29, 1.82) is 0 Å². The van der Waals surface area contributed by atoms with E-state index in [9.17, 15) is 14.4 Å². The van der Waals surface area contributed by atoms with Crippen LogP contribution in [0.5, 0.6) is 0 Å². The first-order valence-electron chi connectivity index (χ1n) is 8.54. The summed E-state index contributed by atoms with van der Waals surface area (Å²) in [6.45, 7) is 2.60. The highest BCUT2D eigenvalue weighted by Gasteiger charge is 2.31. The lowest BCUT2D eigenvalue weighted by Gasteiger charge is -2.35. The van der Waals surface area contributed by atoms with Crippen molar-refractivity contribution in [3.63, 3.8) is 0 Å². The summed E-state index contributed by atoms with van der Waals surface area (Å²) in [6.07, 6.45) is 5.61. The summed E-state index contributed by atoms with van der Waals surface area (Å²) in [4.78, 5) is 43.2. The molecule has 0 aromatic carbocycles. The minimum Gasteiger partial charge on any atom is -0.466 e. The standard InChI is InChI=1S/C18H21N3O4/c1-2-25-16(22)11-13-7-3-5-9-20(13)17(23)14-12-19-15-8-4-6-10-21(15)18(14)24/h4,6,8,10,12-13H,2-3,5,7,9,11H2,1H3/t13-/m1/s1. The van der Waals surface area contributed by atoms with Gasteiger partial charge >= 0.3 is 5.97 Å². The number of pyridine rings is 1. The van der Waals surface area contributed by atoms with Gasteiger partial charge in [0.1, 0.15) is 11.2 Å². The van der Waals surface area contributed by atoms with Crippen molar-refractivity contribution >= 4 is 17.5 Å². The highest BCUT2D eigenvalue weighted by molar-refractivity contribution is 5.94. The first kappa shape index (κ1) is 17.1. The first-order valence-corrected chi connectivity index (χ1v) is 8.54. The molecule has 25 heavy (non-hydrogen) atoms. The SMILES string of the molecule is CCOC(=O)C[C@H]1CCCCN1C(=O)c1cnc2ccccn2c1=O. The molecule has 0 bridgehead atoms. The van der Waals surface area contributed by atoms with Crippen LogP contribution in [-0.2, 0) is 9.53 Å². The van der Waals surface area contributed by atoms with E-state index in [1.165, 1.54) is 10.6 Å². The van der Waals surface area contributed by atoms with E-state index in [1.54, 1.807) is 36.2 Å². The fraction of sp³-hybridized carbons (Fsp3) is 0.444. The molecule has 7 nitrogen and oxygen atoms in total. The van der Waals surface area contributed by atoms with E-state index in [0.29, 0.717) is 18.8 Å². The Bertz CT molecular complexity index is 846. The van der Waals surface area contributed by atoms with Gasteiger partial charge in [0.15, 0.2) is 0 Å². The van der Waals surface area contributed by atoms with Crippen LogP contribution >= 0.6 is 0 Å². The zero-order valence-electron chi connectivity index (χ0n) is 14.2. The maximum absolute atomic E-state index is 12.9. The Hall–Kier alpha value is -2.70. The molecule has 1 atom stereocenters. The molecule has 0 unspecified atom stereocenters. The largest absolute Gasteiger partial charge is 0.466 e. The van der Waals surface area contributed by atoms with Crippen LogP contribution in [0.25, 0.3) is 5.65 Å². The summed E-state index contributed by atoms with van der Waals surface area (Å²) in [5, 5.41) is 0. The van der Waals surface area contributed by atoms with Gasteiger partial charge in [-0.25, -0.2) is 4.98 Å². The Kier molecular flexibility index (Phi) is 5.11. The normalized spacial score (nSPS) is 17.5. The van der Waals surface area contributed by atoms with Gasteiger partial charge in [-0.1, -0.05) is 6.07 Å². The molecule has 1 fully saturated rings. The topological polar surface area (TPSA) is 81.0 Å². The lowest BCUT2D eigenvalue weighted by molar-refractivity contribution is -0.144. The summed E-state index contributed by atoms with van der Waals surface area (Å²) >= 11 is 0. The second-order valence-electron chi connectivity index (χ2n) is 6.06. The Morgan fingerprint density at radius 2 is 2.16 bits per heavy atom. The van der Waals surface area contributed by atoms with Crippen LogP contribution in [0.2, 0.25) is 0 Å². The van der Waals surface area contributed by atoms with Crippen LogP contribution in [0.4, 0.5) is 0 Å². The first-order chi connectivity index (χ1) is 12.1. The number of hydrogen-bond donors (Lipinski definition) is 0. The van der Waals surface area contributed by atoms with Crippen molar-refractivity contribution in [3.8, 4) is 0 Å². The van der Waals surface area contributed by atoms with Crippen LogP contribution < -0.4 is 5.56 Å². The van der Waals surface area contributed by atoms with E-state index in [0.717, 1.165) is 19.3 Å². The van der Waals surface area contributed by atoms with Crippen molar-refractivity contribution in [3.05, 3.63) is 46.5 Å². The molecule has 2 aromatic rings.